The van der Waals surface area contributed by atoms with Gasteiger partial charge in [0.25, 0.3) is 0 Å². The maximum atomic E-state index is 4.26. The number of aromatic nitrogens is 1. The molecule has 0 bridgehead atoms. The summed E-state index contributed by atoms with van der Waals surface area (Å²) < 4.78 is 0. The van der Waals surface area contributed by atoms with E-state index in [4.69, 9.17) is 0 Å². The lowest BCUT2D eigenvalue weighted by atomic mass is 9.86. The van der Waals surface area contributed by atoms with Crippen LogP contribution in [0.1, 0.15) is 32.3 Å². The highest BCUT2D eigenvalue weighted by atomic mass is 14.8. The summed E-state index contributed by atoms with van der Waals surface area (Å²) in [5.74, 6) is 1.16. The summed E-state index contributed by atoms with van der Waals surface area (Å²) in [6, 6.07) is 8.62. The van der Waals surface area contributed by atoms with Gasteiger partial charge in [0.05, 0.1) is 0 Å². The lowest BCUT2D eigenvalue weighted by Gasteiger charge is -2.22. The molecule has 0 fully saturated rings. The highest BCUT2D eigenvalue weighted by molar-refractivity contribution is 5.85. The first-order valence-electron chi connectivity index (χ1n) is 6.77. The number of fused-ring (bicyclic) bond motifs is 1. The Hall–Kier alpha value is -1.41. The molecule has 0 saturated heterocycles. The number of hydrogen-bond donors (Lipinski definition) is 1. The minimum Gasteiger partial charge on any atom is -0.317 e. The van der Waals surface area contributed by atoms with Crippen molar-refractivity contribution in [3.63, 3.8) is 0 Å². The van der Waals surface area contributed by atoms with Gasteiger partial charge in [-0.2, -0.15) is 0 Å². The van der Waals surface area contributed by atoms with Gasteiger partial charge in [0, 0.05) is 17.8 Å². The summed E-state index contributed by atoms with van der Waals surface area (Å²) in [7, 11) is 0. The van der Waals surface area contributed by atoms with E-state index in [2.05, 4.69) is 55.3 Å². The van der Waals surface area contributed by atoms with Crippen molar-refractivity contribution in [2.75, 3.05) is 13.1 Å². The van der Waals surface area contributed by atoms with E-state index >= 15 is 0 Å². The van der Waals surface area contributed by atoms with Gasteiger partial charge in [-0.1, -0.05) is 39.0 Å². The van der Waals surface area contributed by atoms with Crippen molar-refractivity contribution in [3.8, 4) is 0 Å². The second kappa shape index (κ2) is 5.96. The zero-order valence-corrected chi connectivity index (χ0v) is 11.5. The molecule has 0 spiro atoms. The van der Waals surface area contributed by atoms with Gasteiger partial charge in [0.15, 0.2) is 0 Å². The van der Waals surface area contributed by atoms with E-state index in [9.17, 15) is 0 Å². The van der Waals surface area contributed by atoms with Crippen molar-refractivity contribution >= 4 is 10.8 Å². The minimum atomic E-state index is 0.539. The highest BCUT2D eigenvalue weighted by Crippen LogP contribution is 2.29. The number of rotatable bonds is 5. The third-order valence-electron chi connectivity index (χ3n) is 3.78. The van der Waals surface area contributed by atoms with Gasteiger partial charge in [0.1, 0.15) is 0 Å². The number of pyridine rings is 1. The molecule has 2 heteroatoms. The number of hydrogen-bond acceptors (Lipinski definition) is 2. The molecule has 2 aromatic rings. The van der Waals surface area contributed by atoms with Gasteiger partial charge in [-0.25, -0.2) is 0 Å². The van der Waals surface area contributed by atoms with Gasteiger partial charge in [-0.15, -0.1) is 0 Å². The SMILES string of the molecule is CCNCC(C)C(C)c1cccc2ccncc12. The third-order valence-corrected chi connectivity index (χ3v) is 3.78. The molecule has 0 aliphatic rings. The van der Waals surface area contributed by atoms with Crippen LogP contribution in [0.2, 0.25) is 0 Å². The largest absolute Gasteiger partial charge is 0.317 e. The normalized spacial score (nSPS) is 14.6. The van der Waals surface area contributed by atoms with E-state index in [0.29, 0.717) is 11.8 Å². The molecule has 2 rings (SSSR count). The lowest BCUT2D eigenvalue weighted by molar-refractivity contribution is 0.456. The molecular weight excluding hydrogens is 220 g/mol. The molecule has 2 atom stereocenters. The standard InChI is InChI=1S/C16H22N2/c1-4-17-10-12(2)13(3)15-7-5-6-14-8-9-18-11-16(14)15/h5-9,11-13,17H,4,10H2,1-3H3. The second-order valence-electron chi connectivity index (χ2n) is 5.02. The highest BCUT2D eigenvalue weighted by Gasteiger charge is 2.16. The maximum absolute atomic E-state index is 4.26. The van der Waals surface area contributed by atoms with E-state index in [1.807, 2.05) is 12.4 Å². The predicted octanol–water partition coefficient (Wildman–Crippen LogP) is 3.58. The fourth-order valence-electron chi connectivity index (χ4n) is 2.39. The molecule has 1 heterocycles. The van der Waals surface area contributed by atoms with Gasteiger partial charge in [0.2, 0.25) is 0 Å². The molecule has 1 N–H and O–H groups in total. The van der Waals surface area contributed by atoms with Crippen molar-refractivity contribution in [2.24, 2.45) is 5.92 Å². The molecule has 2 unspecified atom stereocenters. The minimum absolute atomic E-state index is 0.539. The summed E-state index contributed by atoms with van der Waals surface area (Å²) in [5, 5.41) is 6.00. The average Bonchev–Trinajstić information content (AvgIpc) is 2.43. The summed E-state index contributed by atoms with van der Waals surface area (Å²) in [6.07, 6.45) is 3.85. The van der Waals surface area contributed by atoms with E-state index in [1.54, 1.807) is 0 Å². The Balaban J connectivity index is 2.29. The first-order valence-corrected chi connectivity index (χ1v) is 6.77. The van der Waals surface area contributed by atoms with E-state index in [0.717, 1.165) is 13.1 Å². The van der Waals surface area contributed by atoms with Crippen LogP contribution in [0.15, 0.2) is 36.7 Å². The van der Waals surface area contributed by atoms with Crippen LogP contribution in [0.5, 0.6) is 0 Å². The van der Waals surface area contributed by atoms with Crippen LogP contribution in [-0.4, -0.2) is 18.1 Å². The van der Waals surface area contributed by atoms with Gasteiger partial charge >= 0.3 is 0 Å². The van der Waals surface area contributed by atoms with E-state index < -0.39 is 0 Å². The first-order chi connectivity index (χ1) is 8.74. The molecule has 0 saturated carbocycles. The topological polar surface area (TPSA) is 24.9 Å². The van der Waals surface area contributed by atoms with Crippen molar-refractivity contribution < 1.29 is 0 Å². The average molecular weight is 242 g/mol. The third kappa shape index (κ3) is 2.70. The van der Waals surface area contributed by atoms with Crippen LogP contribution >= 0.6 is 0 Å². The fraction of sp³-hybridized carbons (Fsp3) is 0.438. The van der Waals surface area contributed by atoms with Crippen molar-refractivity contribution in [1.82, 2.24) is 10.3 Å². The van der Waals surface area contributed by atoms with Crippen LogP contribution < -0.4 is 5.32 Å². The molecule has 1 aromatic carbocycles. The van der Waals surface area contributed by atoms with Crippen molar-refractivity contribution in [3.05, 3.63) is 42.2 Å². The van der Waals surface area contributed by atoms with Gasteiger partial charge in [-0.3, -0.25) is 4.98 Å². The summed E-state index contributed by atoms with van der Waals surface area (Å²) >= 11 is 0. The Labute approximate surface area is 109 Å². The monoisotopic (exact) mass is 242 g/mol. The maximum Gasteiger partial charge on any atom is 0.0349 e. The summed E-state index contributed by atoms with van der Waals surface area (Å²) in [6.45, 7) is 8.87. The van der Waals surface area contributed by atoms with Crippen LogP contribution in [-0.2, 0) is 0 Å². The van der Waals surface area contributed by atoms with Crippen LogP contribution in [0, 0.1) is 5.92 Å². The number of nitrogens with one attached hydrogen (secondary N) is 1. The molecule has 1 aromatic heterocycles. The lowest BCUT2D eigenvalue weighted by Crippen LogP contribution is -2.24. The molecule has 18 heavy (non-hydrogen) atoms. The molecule has 0 amide bonds. The van der Waals surface area contributed by atoms with Crippen LogP contribution in [0.4, 0.5) is 0 Å². The van der Waals surface area contributed by atoms with Crippen LogP contribution in [0.3, 0.4) is 0 Å². The van der Waals surface area contributed by atoms with E-state index in [-0.39, 0.29) is 0 Å². The Kier molecular flexibility index (Phi) is 4.32. The smallest absolute Gasteiger partial charge is 0.0349 e. The van der Waals surface area contributed by atoms with Crippen molar-refractivity contribution in [2.45, 2.75) is 26.7 Å². The Morgan fingerprint density at radius 3 is 2.83 bits per heavy atom. The molecule has 0 aliphatic heterocycles. The quantitative estimate of drug-likeness (QED) is 0.866. The fourth-order valence-corrected chi connectivity index (χ4v) is 2.39. The molecule has 0 radical (unpaired) electrons. The molecule has 96 valence electrons. The van der Waals surface area contributed by atoms with Gasteiger partial charge in [-0.05, 0) is 41.9 Å². The second-order valence-corrected chi connectivity index (χ2v) is 5.02. The molecular formula is C16H22N2. The number of benzene rings is 1. The molecule has 0 aliphatic carbocycles. The Morgan fingerprint density at radius 2 is 2.06 bits per heavy atom. The van der Waals surface area contributed by atoms with E-state index in [1.165, 1.54) is 16.3 Å². The number of nitrogens with zero attached hydrogens (tertiary/aromatic N) is 1. The zero-order chi connectivity index (χ0) is 13.0. The Morgan fingerprint density at radius 1 is 1.22 bits per heavy atom. The van der Waals surface area contributed by atoms with Gasteiger partial charge < -0.3 is 5.32 Å². The summed E-state index contributed by atoms with van der Waals surface area (Å²) in [5.41, 5.74) is 1.41. The Bertz CT molecular complexity index is 502. The van der Waals surface area contributed by atoms with Crippen molar-refractivity contribution in [1.29, 1.82) is 0 Å². The molecule has 2 nitrogen and oxygen atoms in total. The summed E-state index contributed by atoms with van der Waals surface area (Å²) in [4.78, 5) is 4.26. The first kappa shape index (κ1) is 13.0. The van der Waals surface area contributed by atoms with Crippen LogP contribution in [0.25, 0.3) is 10.8 Å². The predicted molar refractivity (Wildman–Crippen MR) is 77.9 cm³/mol. The zero-order valence-electron chi connectivity index (χ0n) is 11.5.